The molecule has 270 valence electrons. The Morgan fingerprint density at radius 2 is 0.741 bits per heavy atom. The van der Waals surface area contributed by atoms with Gasteiger partial charge in [0.25, 0.3) is 0 Å². The van der Waals surface area contributed by atoms with E-state index in [-0.39, 0.29) is 0 Å². The lowest BCUT2D eigenvalue weighted by atomic mass is 9.86. The van der Waals surface area contributed by atoms with Crippen molar-refractivity contribution in [2.75, 3.05) is 0 Å². The Morgan fingerprint density at radius 3 is 1.38 bits per heavy atom. The molecule has 12 rings (SSSR count). The molecule has 1 nitrogen and oxygen atoms in total. The van der Waals surface area contributed by atoms with Gasteiger partial charge >= 0.3 is 0 Å². The molecule has 0 aliphatic carbocycles. The number of aromatic nitrogens is 1. The SMILES string of the molecule is c1ccc(-c2c3ccccc3c(-c3ccccc3)c3cc(-n4c5ccccc5c5ccc(-c6cccc7c6sc6c(-c8ccccc8)cccc67)cc54)ccc23)cc1. The first-order chi connectivity index (χ1) is 28.8. The number of nitrogens with zero attached hydrogens (tertiary/aromatic N) is 1. The fourth-order valence-electron chi connectivity index (χ4n) is 9.45. The fourth-order valence-corrected chi connectivity index (χ4v) is 10.8. The summed E-state index contributed by atoms with van der Waals surface area (Å²) in [6.45, 7) is 0. The molecule has 0 unspecified atom stereocenters. The van der Waals surface area contributed by atoms with Crippen LogP contribution in [0.1, 0.15) is 0 Å². The first-order valence-electron chi connectivity index (χ1n) is 19.9. The van der Waals surface area contributed by atoms with Crippen molar-refractivity contribution in [3.05, 3.63) is 212 Å². The van der Waals surface area contributed by atoms with E-state index < -0.39 is 0 Å². The number of fused-ring (bicyclic) bond motifs is 8. The maximum Gasteiger partial charge on any atom is 0.0547 e. The second-order valence-electron chi connectivity index (χ2n) is 15.2. The van der Waals surface area contributed by atoms with Crippen LogP contribution in [0.15, 0.2) is 212 Å². The number of rotatable bonds is 5. The molecule has 0 spiro atoms. The van der Waals surface area contributed by atoms with Crippen LogP contribution in [0, 0.1) is 0 Å². The zero-order valence-corrected chi connectivity index (χ0v) is 32.4. The molecule has 0 radical (unpaired) electrons. The molecule has 0 fully saturated rings. The highest BCUT2D eigenvalue weighted by Crippen LogP contribution is 2.47. The van der Waals surface area contributed by atoms with Crippen LogP contribution in [0.4, 0.5) is 0 Å². The standard InChI is InChI=1S/C56H35NS/c1-4-16-36(17-5-1)41-25-14-27-48-49-28-15-26-42(56(49)58-55(41)48)39-30-32-44-43-22-12-13-29-51(43)57(52(44)34-39)40-31-33-47-50(35-40)54(38-20-8-3-9-21-38)46-24-11-10-23-45(46)53(47)37-18-6-2-7-19-37/h1-35H. The third-order valence-corrected chi connectivity index (χ3v) is 13.3. The Bertz CT molecular complexity index is 3540. The summed E-state index contributed by atoms with van der Waals surface area (Å²) in [5, 5.41) is 10.1. The Balaban J connectivity index is 1.13. The Morgan fingerprint density at radius 1 is 0.276 bits per heavy atom. The summed E-state index contributed by atoms with van der Waals surface area (Å²) in [5.74, 6) is 0. The summed E-state index contributed by atoms with van der Waals surface area (Å²) in [5.41, 5.74) is 13.6. The van der Waals surface area contributed by atoms with Crippen molar-refractivity contribution < 1.29 is 0 Å². The monoisotopic (exact) mass is 753 g/mol. The van der Waals surface area contributed by atoms with E-state index in [2.05, 4.69) is 217 Å². The third kappa shape index (κ3) is 5.02. The molecular weight excluding hydrogens is 719 g/mol. The third-order valence-electron chi connectivity index (χ3n) is 12.0. The first kappa shape index (κ1) is 32.9. The van der Waals surface area contributed by atoms with E-state index in [9.17, 15) is 0 Å². The normalized spacial score (nSPS) is 11.8. The second kappa shape index (κ2) is 13.2. The average Bonchev–Trinajstić information content (AvgIpc) is 3.85. The van der Waals surface area contributed by atoms with Gasteiger partial charge in [-0.1, -0.05) is 188 Å². The summed E-state index contributed by atoms with van der Waals surface area (Å²) in [6.07, 6.45) is 0. The first-order valence-corrected chi connectivity index (χ1v) is 20.7. The lowest BCUT2D eigenvalue weighted by Crippen LogP contribution is -1.96. The molecule has 0 aliphatic heterocycles. The van der Waals surface area contributed by atoms with Crippen molar-refractivity contribution in [3.8, 4) is 50.2 Å². The summed E-state index contributed by atoms with van der Waals surface area (Å²) in [7, 11) is 0. The summed E-state index contributed by atoms with van der Waals surface area (Å²) in [6, 6.07) is 78.1. The molecule has 2 aromatic heterocycles. The van der Waals surface area contributed by atoms with E-state index in [1.807, 2.05) is 11.3 Å². The Hall–Kier alpha value is -7.26. The van der Waals surface area contributed by atoms with Crippen molar-refractivity contribution in [3.63, 3.8) is 0 Å². The molecule has 58 heavy (non-hydrogen) atoms. The lowest BCUT2D eigenvalue weighted by Gasteiger charge is -2.19. The van der Waals surface area contributed by atoms with Crippen molar-refractivity contribution in [2.24, 2.45) is 0 Å². The van der Waals surface area contributed by atoms with Crippen LogP contribution < -0.4 is 0 Å². The van der Waals surface area contributed by atoms with E-state index in [1.165, 1.54) is 108 Å². The van der Waals surface area contributed by atoms with Crippen LogP contribution in [-0.4, -0.2) is 4.57 Å². The predicted molar refractivity (Wildman–Crippen MR) is 250 cm³/mol. The van der Waals surface area contributed by atoms with Crippen LogP contribution in [0.25, 0.3) is 114 Å². The van der Waals surface area contributed by atoms with Crippen LogP contribution in [-0.2, 0) is 0 Å². The van der Waals surface area contributed by atoms with Gasteiger partial charge < -0.3 is 4.57 Å². The van der Waals surface area contributed by atoms with Gasteiger partial charge in [0.15, 0.2) is 0 Å². The molecule has 0 amide bonds. The van der Waals surface area contributed by atoms with Crippen molar-refractivity contribution in [2.45, 2.75) is 0 Å². The minimum atomic E-state index is 1.15. The maximum absolute atomic E-state index is 2.48. The highest BCUT2D eigenvalue weighted by Gasteiger charge is 2.20. The number of thiophene rings is 1. The van der Waals surface area contributed by atoms with Gasteiger partial charge in [0, 0.05) is 36.6 Å². The Labute approximate surface area is 340 Å². The molecule has 0 N–H and O–H groups in total. The van der Waals surface area contributed by atoms with Crippen LogP contribution in [0.5, 0.6) is 0 Å². The molecule has 0 atom stereocenters. The molecule has 0 bridgehead atoms. The van der Waals surface area contributed by atoms with E-state index in [1.54, 1.807) is 0 Å². The van der Waals surface area contributed by atoms with Gasteiger partial charge in [-0.25, -0.2) is 0 Å². The van der Waals surface area contributed by atoms with Crippen LogP contribution in [0.3, 0.4) is 0 Å². The van der Waals surface area contributed by atoms with Gasteiger partial charge in [-0.05, 0) is 90.3 Å². The van der Waals surface area contributed by atoms with Gasteiger partial charge in [0.2, 0.25) is 0 Å². The van der Waals surface area contributed by atoms with Gasteiger partial charge in [-0.2, -0.15) is 0 Å². The number of hydrogen-bond acceptors (Lipinski definition) is 1. The topological polar surface area (TPSA) is 4.93 Å². The molecule has 12 aromatic rings. The molecular formula is C56H35NS. The van der Waals surface area contributed by atoms with Crippen LogP contribution >= 0.6 is 11.3 Å². The molecule has 0 saturated heterocycles. The number of para-hydroxylation sites is 1. The second-order valence-corrected chi connectivity index (χ2v) is 16.2. The lowest BCUT2D eigenvalue weighted by molar-refractivity contribution is 1.19. The fraction of sp³-hybridized carbons (Fsp3) is 0. The largest absolute Gasteiger partial charge is 0.309 e. The molecule has 10 aromatic carbocycles. The predicted octanol–water partition coefficient (Wildman–Crippen LogP) is 16.1. The molecule has 0 aliphatic rings. The van der Waals surface area contributed by atoms with Gasteiger partial charge in [0.1, 0.15) is 0 Å². The smallest absolute Gasteiger partial charge is 0.0547 e. The van der Waals surface area contributed by atoms with Crippen molar-refractivity contribution >= 4 is 74.9 Å². The van der Waals surface area contributed by atoms with Gasteiger partial charge in [0.05, 0.1) is 11.0 Å². The highest BCUT2D eigenvalue weighted by atomic mass is 32.1. The highest BCUT2D eigenvalue weighted by molar-refractivity contribution is 7.26. The van der Waals surface area contributed by atoms with Crippen molar-refractivity contribution in [1.82, 2.24) is 4.57 Å². The minimum Gasteiger partial charge on any atom is -0.309 e. The minimum absolute atomic E-state index is 1.15. The number of benzene rings is 10. The van der Waals surface area contributed by atoms with E-state index in [0.717, 1.165) is 5.69 Å². The summed E-state index contributed by atoms with van der Waals surface area (Å²) < 4.78 is 5.14. The summed E-state index contributed by atoms with van der Waals surface area (Å²) in [4.78, 5) is 0. The summed E-state index contributed by atoms with van der Waals surface area (Å²) >= 11 is 1.91. The zero-order chi connectivity index (χ0) is 38.2. The van der Waals surface area contributed by atoms with E-state index >= 15 is 0 Å². The Kier molecular flexibility index (Phi) is 7.47. The zero-order valence-electron chi connectivity index (χ0n) is 31.6. The van der Waals surface area contributed by atoms with Gasteiger partial charge in [-0.3, -0.25) is 0 Å². The van der Waals surface area contributed by atoms with E-state index in [4.69, 9.17) is 0 Å². The van der Waals surface area contributed by atoms with E-state index in [0.29, 0.717) is 0 Å². The quantitative estimate of drug-likeness (QED) is 0.154. The van der Waals surface area contributed by atoms with Crippen LogP contribution in [0.2, 0.25) is 0 Å². The van der Waals surface area contributed by atoms with Gasteiger partial charge in [-0.15, -0.1) is 11.3 Å². The average molecular weight is 754 g/mol. The molecule has 2 heteroatoms. The molecule has 2 heterocycles. The molecule has 0 saturated carbocycles. The number of hydrogen-bond donors (Lipinski definition) is 0. The maximum atomic E-state index is 2.48. The van der Waals surface area contributed by atoms with Crippen molar-refractivity contribution in [1.29, 1.82) is 0 Å².